The molecule has 1 heteroatoms. The van der Waals surface area contributed by atoms with Crippen molar-refractivity contribution in [2.24, 2.45) is 5.92 Å². The maximum Gasteiger partial charge on any atom is 0.0687 e. The third kappa shape index (κ3) is 1.88. The fourth-order valence-corrected chi connectivity index (χ4v) is 1.74. The van der Waals surface area contributed by atoms with E-state index in [1.807, 2.05) is 6.07 Å². The lowest BCUT2D eigenvalue weighted by Crippen LogP contribution is -2.07. The normalized spacial score (nSPS) is 29.7. The summed E-state index contributed by atoms with van der Waals surface area (Å²) < 4.78 is 5.58. The Morgan fingerprint density at radius 1 is 1.21 bits per heavy atom. The summed E-state index contributed by atoms with van der Waals surface area (Å²) in [5.74, 6) is 0.551. The summed E-state index contributed by atoms with van der Waals surface area (Å²) in [4.78, 5) is 0. The number of benzene rings is 1. The zero-order chi connectivity index (χ0) is 9.97. The van der Waals surface area contributed by atoms with Crippen molar-refractivity contribution in [3.63, 3.8) is 0 Å². The molecule has 1 heterocycles. The highest BCUT2D eigenvalue weighted by molar-refractivity contribution is 5.54. The van der Waals surface area contributed by atoms with Gasteiger partial charge in [-0.15, -0.1) is 0 Å². The van der Waals surface area contributed by atoms with Crippen molar-refractivity contribution >= 4 is 6.08 Å². The molecule has 0 amide bonds. The molecule has 74 valence electrons. The van der Waals surface area contributed by atoms with Gasteiger partial charge in [0.15, 0.2) is 0 Å². The fourth-order valence-electron chi connectivity index (χ4n) is 1.74. The van der Waals surface area contributed by atoms with Crippen LogP contribution in [0.2, 0.25) is 0 Å². The highest BCUT2D eigenvalue weighted by Crippen LogP contribution is 2.27. The minimum Gasteiger partial charge on any atom is -0.374 e. The van der Waals surface area contributed by atoms with E-state index in [-0.39, 0.29) is 0 Å². The third-order valence-corrected chi connectivity index (χ3v) is 2.95. The Morgan fingerprint density at radius 2 is 1.93 bits per heavy atom. The van der Waals surface area contributed by atoms with Crippen molar-refractivity contribution in [3.05, 3.63) is 41.5 Å². The Morgan fingerprint density at radius 3 is 2.50 bits per heavy atom. The van der Waals surface area contributed by atoms with Gasteiger partial charge in [0, 0.05) is 5.92 Å². The molecular weight excluding hydrogens is 172 g/mol. The first-order valence-corrected chi connectivity index (χ1v) is 5.14. The van der Waals surface area contributed by atoms with Gasteiger partial charge >= 0.3 is 0 Å². The van der Waals surface area contributed by atoms with Crippen LogP contribution in [0.3, 0.4) is 0 Å². The van der Waals surface area contributed by atoms with Crippen molar-refractivity contribution in [1.82, 2.24) is 0 Å². The molecule has 2 rings (SSSR count). The van der Waals surface area contributed by atoms with E-state index < -0.39 is 0 Å². The predicted molar refractivity (Wildman–Crippen MR) is 59.0 cm³/mol. The van der Waals surface area contributed by atoms with Crippen molar-refractivity contribution in [2.45, 2.75) is 20.0 Å². The van der Waals surface area contributed by atoms with Crippen LogP contribution in [0.5, 0.6) is 0 Å². The number of ether oxygens (including phenoxy) is 1. The molecule has 1 nitrogen and oxygen atoms in total. The minimum atomic E-state index is 0.366. The van der Waals surface area contributed by atoms with Gasteiger partial charge in [0.1, 0.15) is 0 Å². The zero-order valence-electron chi connectivity index (χ0n) is 8.73. The summed E-state index contributed by atoms with van der Waals surface area (Å²) >= 11 is 0. The second-order valence-electron chi connectivity index (χ2n) is 3.93. The summed E-state index contributed by atoms with van der Waals surface area (Å²) in [7, 11) is 0. The van der Waals surface area contributed by atoms with E-state index in [9.17, 15) is 0 Å². The highest BCUT2D eigenvalue weighted by atomic mass is 16.5. The van der Waals surface area contributed by atoms with E-state index in [1.165, 1.54) is 11.1 Å². The fraction of sp³-hybridized carbons (Fsp3) is 0.385. The Bertz CT molecular complexity index is 326. The molecule has 1 aliphatic rings. The predicted octanol–water partition coefficient (Wildman–Crippen LogP) is 3.12. The summed E-state index contributed by atoms with van der Waals surface area (Å²) in [6.45, 7) is 5.15. The average Bonchev–Trinajstić information content (AvgIpc) is 2.52. The first-order valence-electron chi connectivity index (χ1n) is 5.14. The monoisotopic (exact) mass is 188 g/mol. The number of hydrogen-bond donors (Lipinski definition) is 0. The summed E-state index contributed by atoms with van der Waals surface area (Å²) in [5.41, 5.74) is 2.68. The molecule has 0 aliphatic carbocycles. The second kappa shape index (κ2) is 3.97. The molecule has 0 N–H and O–H groups in total. The van der Waals surface area contributed by atoms with Crippen molar-refractivity contribution in [1.29, 1.82) is 0 Å². The van der Waals surface area contributed by atoms with Gasteiger partial charge in [-0.2, -0.15) is 0 Å². The minimum absolute atomic E-state index is 0.366. The molecule has 1 fully saturated rings. The van der Waals surface area contributed by atoms with Crippen molar-refractivity contribution in [3.8, 4) is 0 Å². The van der Waals surface area contributed by atoms with Gasteiger partial charge in [-0.3, -0.25) is 0 Å². The van der Waals surface area contributed by atoms with Crippen LogP contribution in [0.4, 0.5) is 0 Å². The lowest BCUT2D eigenvalue weighted by molar-refractivity contribution is 0.110. The molecular formula is C13H16O. The maximum absolute atomic E-state index is 5.58. The SMILES string of the molecule is C[C@H]1OC/C(=C\c2ccccc2)[C@@H]1C. The average molecular weight is 188 g/mol. The molecule has 0 radical (unpaired) electrons. The molecule has 0 spiro atoms. The Hall–Kier alpha value is -1.08. The van der Waals surface area contributed by atoms with Crippen LogP contribution in [0, 0.1) is 5.92 Å². The molecule has 1 aliphatic heterocycles. The second-order valence-corrected chi connectivity index (χ2v) is 3.93. The van der Waals surface area contributed by atoms with Crippen LogP contribution < -0.4 is 0 Å². The largest absolute Gasteiger partial charge is 0.374 e. The first kappa shape index (κ1) is 9.47. The van der Waals surface area contributed by atoms with Gasteiger partial charge < -0.3 is 4.74 Å². The summed E-state index contributed by atoms with van der Waals surface area (Å²) in [6.07, 6.45) is 2.61. The van der Waals surface area contributed by atoms with Crippen LogP contribution in [0.25, 0.3) is 6.08 Å². The van der Waals surface area contributed by atoms with E-state index in [1.54, 1.807) is 0 Å². The standard InChI is InChI=1S/C13H16O/c1-10-11(2)14-9-13(10)8-12-6-4-3-5-7-12/h3-8,10-11H,9H2,1-2H3/b13-8+/t10-,11-/m1/s1. The van der Waals surface area contributed by atoms with Gasteiger partial charge in [-0.1, -0.05) is 43.3 Å². The lowest BCUT2D eigenvalue weighted by atomic mass is 9.98. The zero-order valence-corrected chi connectivity index (χ0v) is 8.73. The Kier molecular flexibility index (Phi) is 2.69. The van der Waals surface area contributed by atoms with E-state index in [0.29, 0.717) is 12.0 Å². The third-order valence-electron chi connectivity index (χ3n) is 2.95. The molecule has 0 unspecified atom stereocenters. The van der Waals surface area contributed by atoms with Gasteiger partial charge in [-0.05, 0) is 18.1 Å². The molecule has 1 aromatic carbocycles. The molecule has 14 heavy (non-hydrogen) atoms. The smallest absolute Gasteiger partial charge is 0.0687 e. The van der Waals surface area contributed by atoms with E-state index in [2.05, 4.69) is 44.2 Å². The molecule has 1 saturated heterocycles. The van der Waals surface area contributed by atoms with Crippen molar-refractivity contribution in [2.75, 3.05) is 6.61 Å². The highest BCUT2D eigenvalue weighted by Gasteiger charge is 2.24. The Balaban J connectivity index is 2.20. The number of hydrogen-bond acceptors (Lipinski definition) is 1. The molecule has 0 saturated carbocycles. The van der Waals surface area contributed by atoms with Gasteiger partial charge in [0.25, 0.3) is 0 Å². The van der Waals surface area contributed by atoms with E-state index in [4.69, 9.17) is 4.74 Å². The van der Waals surface area contributed by atoms with Crippen LogP contribution in [-0.2, 0) is 4.74 Å². The van der Waals surface area contributed by atoms with Gasteiger partial charge in [0.2, 0.25) is 0 Å². The summed E-state index contributed by atoms with van der Waals surface area (Å²) in [6, 6.07) is 10.4. The topological polar surface area (TPSA) is 9.23 Å². The van der Waals surface area contributed by atoms with Gasteiger partial charge in [-0.25, -0.2) is 0 Å². The number of rotatable bonds is 1. The van der Waals surface area contributed by atoms with E-state index in [0.717, 1.165) is 6.61 Å². The maximum atomic E-state index is 5.58. The summed E-state index contributed by atoms with van der Waals surface area (Å²) in [5, 5.41) is 0. The van der Waals surface area contributed by atoms with Crippen molar-refractivity contribution < 1.29 is 4.74 Å². The van der Waals surface area contributed by atoms with Gasteiger partial charge in [0.05, 0.1) is 12.7 Å². The molecule has 0 aromatic heterocycles. The van der Waals surface area contributed by atoms with Crippen LogP contribution in [0.1, 0.15) is 19.4 Å². The van der Waals surface area contributed by atoms with E-state index >= 15 is 0 Å². The van der Waals surface area contributed by atoms with Crippen LogP contribution in [0.15, 0.2) is 35.9 Å². The molecule has 1 aromatic rings. The molecule has 2 atom stereocenters. The lowest BCUT2D eigenvalue weighted by Gasteiger charge is -2.07. The van der Waals surface area contributed by atoms with Crippen LogP contribution >= 0.6 is 0 Å². The van der Waals surface area contributed by atoms with Crippen LogP contribution in [-0.4, -0.2) is 12.7 Å². The quantitative estimate of drug-likeness (QED) is 0.658. The first-order chi connectivity index (χ1) is 6.77. The molecule has 0 bridgehead atoms. The Labute approximate surface area is 85.4 Å².